The number of hydrogen-bond acceptors (Lipinski definition) is 4. The highest BCUT2D eigenvalue weighted by molar-refractivity contribution is 5.82. The van der Waals surface area contributed by atoms with Gasteiger partial charge in [-0.1, -0.05) is 0 Å². The molecule has 2 atom stereocenters. The Morgan fingerprint density at radius 3 is 2.83 bits per heavy atom. The lowest BCUT2D eigenvalue weighted by atomic mass is 10.0. The van der Waals surface area contributed by atoms with Crippen LogP contribution in [0.3, 0.4) is 0 Å². The van der Waals surface area contributed by atoms with Crippen LogP contribution in [0.5, 0.6) is 0 Å². The van der Waals surface area contributed by atoms with E-state index in [-0.39, 0.29) is 11.9 Å². The van der Waals surface area contributed by atoms with Crippen LogP contribution in [0.4, 0.5) is 0 Å². The molecular formula is C13H25N3O2. The normalized spacial score (nSPS) is 28.2. The summed E-state index contributed by atoms with van der Waals surface area (Å²) in [6, 6.07) is 0.572. The summed E-state index contributed by atoms with van der Waals surface area (Å²) >= 11 is 0. The van der Waals surface area contributed by atoms with E-state index in [1.165, 1.54) is 0 Å². The van der Waals surface area contributed by atoms with Gasteiger partial charge in [-0.25, -0.2) is 0 Å². The fourth-order valence-electron chi connectivity index (χ4n) is 3.01. The van der Waals surface area contributed by atoms with Crippen molar-refractivity contribution in [3.8, 4) is 0 Å². The molecule has 3 N–H and O–H groups in total. The van der Waals surface area contributed by atoms with Crippen LogP contribution >= 0.6 is 0 Å². The summed E-state index contributed by atoms with van der Waals surface area (Å²) in [6.45, 7) is 5.21. The lowest BCUT2D eigenvalue weighted by molar-refractivity contribution is -0.126. The third-order valence-corrected chi connectivity index (χ3v) is 3.95. The maximum Gasteiger partial charge on any atom is 0.237 e. The van der Waals surface area contributed by atoms with E-state index in [1.54, 1.807) is 6.92 Å². The third-order valence-electron chi connectivity index (χ3n) is 3.95. The molecule has 5 nitrogen and oxygen atoms in total. The summed E-state index contributed by atoms with van der Waals surface area (Å²) in [6.07, 6.45) is 3.87. The van der Waals surface area contributed by atoms with Gasteiger partial charge >= 0.3 is 0 Å². The van der Waals surface area contributed by atoms with Gasteiger partial charge in [0.25, 0.3) is 0 Å². The lowest BCUT2D eigenvalue weighted by Crippen LogP contribution is -2.51. The van der Waals surface area contributed by atoms with Crippen LogP contribution in [0.1, 0.15) is 32.6 Å². The summed E-state index contributed by atoms with van der Waals surface area (Å²) in [5.74, 6) is 0.0898. The number of amides is 1. The number of hydrogen-bond donors (Lipinski definition) is 3. The number of aliphatic hydroxyl groups is 1. The van der Waals surface area contributed by atoms with Crippen molar-refractivity contribution in [2.45, 2.75) is 50.8 Å². The molecule has 2 aliphatic heterocycles. The van der Waals surface area contributed by atoms with Gasteiger partial charge in [-0.3, -0.25) is 9.69 Å². The molecule has 0 saturated carbocycles. The Balaban J connectivity index is 1.87. The van der Waals surface area contributed by atoms with Gasteiger partial charge in [0.05, 0.1) is 12.1 Å². The molecule has 0 aromatic rings. The molecule has 2 aliphatic rings. The number of carbonyl (C=O) groups excluding carboxylic acids is 1. The van der Waals surface area contributed by atoms with Crippen LogP contribution in [0.15, 0.2) is 0 Å². The van der Waals surface area contributed by atoms with Crippen LogP contribution in [-0.4, -0.2) is 60.3 Å². The Labute approximate surface area is 109 Å². The van der Waals surface area contributed by atoms with Crippen molar-refractivity contribution in [2.75, 3.05) is 26.2 Å². The summed E-state index contributed by atoms with van der Waals surface area (Å²) in [7, 11) is 0. The maximum atomic E-state index is 12.1. The number of aliphatic hydroxyl groups excluding tert-OH is 1. The molecule has 0 aromatic heterocycles. The molecule has 2 fully saturated rings. The fourth-order valence-corrected chi connectivity index (χ4v) is 3.01. The molecule has 0 bridgehead atoms. The summed E-state index contributed by atoms with van der Waals surface area (Å²) in [5.41, 5.74) is 0. The maximum absolute atomic E-state index is 12.1. The second-order valence-corrected chi connectivity index (χ2v) is 5.47. The topological polar surface area (TPSA) is 64.6 Å². The first-order valence-corrected chi connectivity index (χ1v) is 7.10. The fraction of sp³-hybridized carbons (Fsp3) is 0.923. The van der Waals surface area contributed by atoms with E-state index in [2.05, 4.69) is 15.5 Å². The predicted molar refractivity (Wildman–Crippen MR) is 70.3 cm³/mol. The van der Waals surface area contributed by atoms with Gasteiger partial charge < -0.3 is 15.7 Å². The Morgan fingerprint density at radius 1 is 1.44 bits per heavy atom. The Hall–Kier alpha value is -0.650. The van der Waals surface area contributed by atoms with E-state index in [0.29, 0.717) is 12.6 Å². The van der Waals surface area contributed by atoms with Gasteiger partial charge in [-0.2, -0.15) is 0 Å². The summed E-state index contributed by atoms with van der Waals surface area (Å²) < 4.78 is 0. The van der Waals surface area contributed by atoms with E-state index < -0.39 is 6.10 Å². The van der Waals surface area contributed by atoms with Crippen LogP contribution < -0.4 is 10.6 Å². The van der Waals surface area contributed by atoms with E-state index in [9.17, 15) is 9.90 Å². The van der Waals surface area contributed by atoms with Crippen molar-refractivity contribution in [3.05, 3.63) is 0 Å². The van der Waals surface area contributed by atoms with E-state index >= 15 is 0 Å². The van der Waals surface area contributed by atoms with Crippen LogP contribution in [0, 0.1) is 0 Å². The smallest absolute Gasteiger partial charge is 0.237 e. The van der Waals surface area contributed by atoms with Gasteiger partial charge in [0.1, 0.15) is 0 Å². The average Bonchev–Trinajstić information content (AvgIpc) is 2.86. The van der Waals surface area contributed by atoms with Crippen molar-refractivity contribution in [2.24, 2.45) is 0 Å². The number of nitrogens with zero attached hydrogens (tertiary/aromatic N) is 1. The Morgan fingerprint density at radius 2 is 2.17 bits per heavy atom. The quantitative estimate of drug-likeness (QED) is 0.645. The Kier molecular flexibility index (Phi) is 4.97. The first-order chi connectivity index (χ1) is 8.68. The van der Waals surface area contributed by atoms with Crippen molar-refractivity contribution in [1.82, 2.24) is 15.5 Å². The average molecular weight is 255 g/mol. The highest BCUT2D eigenvalue weighted by atomic mass is 16.3. The zero-order valence-corrected chi connectivity index (χ0v) is 11.2. The van der Waals surface area contributed by atoms with Crippen molar-refractivity contribution in [1.29, 1.82) is 0 Å². The minimum atomic E-state index is -0.470. The summed E-state index contributed by atoms with van der Waals surface area (Å²) in [5, 5.41) is 15.4. The molecule has 2 unspecified atom stereocenters. The number of carbonyl (C=O) groups is 1. The third kappa shape index (κ3) is 3.43. The molecule has 2 heterocycles. The molecule has 2 rings (SSSR count). The molecule has 18 heavy (non-hydrogen) atoms. The molecule has 1 amide bonds. The Bertz CT molecular complexity index is 277. The van der Waals surface area contributed by atoms with Gasteiger partial charge in [0.2, 0.25) is 5.91 Å². The highest BCUT2D eigenvalue weighted by Crippen LogP contribution is 2.24. The molecular weight excluding hydrogens is 230 g/mol. The number of nitrogens with one attached hydrogen (secondary N) is 2. The van der Waals surface area contributed by atoms with Crippen LogP contribution in [0.25, 0.3) is 0 Å². The molecule has 5 heteroatoms. The number of piperidine rings is 1. The molecule has 104 valence electrons. The number of rotatable bonds is 4. The standard InChI is InChI=1S/C13H25N3O2/c1-10(17)9-15-13(18)12-3-2-8-16(12)11-4-6-14-7-5-11/h10-12,14,17H,2-9H2,1H3,(H,15,18). The zero-order valence-electron chi connectivity index (χ0n) is 11.2. The van der Waals surface area contributed by atoms with Gasteiger partial charge in [0.15, 0.2) is 0 Å². The van der Waals surface area contributed by atoms with E-state index in [0.717, 1.165) is 45.3 Å². The predicted octanol–water partition coefficient (Wildman–Crippen LogP) is -0.300. The highest BCUT2D eigenvalue weighted by Gasteiger charge is 2.35. The first kappa shape index (κ1) is 13.8. The van der Waals surface area contributed by atoms with Gasteiger partial charge in [-0.05, 0) is 52.2 Å². The largest absolute Gasteiger partial charge is 0.392 e. The van der Waals surface area contributed by atoms with Gasteiger partial charge in [0, 0.05) is 12.6 Å². The second kappa shape index (κ2) is 6.50. The number of likely N-dealkylation sites (tertiary alicyclic amines) is 1. The molecule has 0 aliphatic carbocycles. The van der Waals surface area contributed by atoms with Crippen molar-refractivity contribution < 1.29 is 9.90 Å². The van der Waals surface area contributed by atoms with E-state index in [4.69, 9.17) is 0 Å². The molecule has 0 radical (unpaired) electrons. The minimum Gasteiger partial charge on any atom is -0.392 e. The second-order valence-electron chi connectivity index (χ2n) is 5.47. The molecule has 2 saturated heterocycles. The van der Waals surface area contributed by atoms with Gasteiger partial charge in [-0.15, -0.1) is 0 Å². The van der Waals surface area contributed by atoms with Crippen molar-refractivity contribution >= 4 is 5.91 Å². The van der Waals surface area contributed by atoms with Crippen LogP contribution in [0.2, 0.25) is 0 Å². The summed E-state index contributed by atoms with van der Waals surface area (Å²) in [4.78, 5) is 14.5. The monoisotopic (exact) mass is 255 g/mol. The molecule has 0 aromatic carbocycles. The van der Waals surface area contributed by atoms with Crippen molar-refractivity contribution in [3.63, 3.8) is 0 Å². The lowest BCUT2D eigenvalue weighted by Gasteiger charge is -2.35. The minimum absolute atomic E-state index is 0.0202. The first-order valence-electron chi connectivity index (χ1n) is 7.10. The zero-order chi connectivity index (χ0) is 13.0. The van der Waals surface area contributed by atoms with E-state index in [1.807, 2.05) is 0 Å². The molecule has 0 spiro atoms. The van der Waals surface area contributed by atoms with Crippen LogP contribution in [-0.2, 0) is 4.79 Å². The SMILES string of the molecule is CC(O)CNC(=O)C1CCCN1C1CCNCC1.